The first-order chi connectivity index (χ1) is 12.6. The smallest absolute Gasteiger partial charge is 0.303 e. The van der Waals surface area contributed by atoms with Crippen molar-refractivity contribution in [1.82, 2.24) is 0 Å². The molecule has 0 aliphatic carbocycles. The van der Waals surface area contributed by atoms with Gasteiger partial charge in [0.15, 0.2) is 0 Å². The zero-order valence-corrected chi connectivity index (χ0v) is 14.7. The minimum Gasteiger partial charge on any atom is -0.497 e. The summed E-state index contributed by atoms with van der Waals surface area (Å²) in [5.41, 5.74) is 2.71. The summed E-state index contributed by atoms with van der Waals surface area (Å²) in [4.78, 5) is 16.6. The number of carboxylic acid groups (broad SMARTS) is 1. The average molecular weight is 355 g/mol. The van der Waals surface area contributed by atoms with Crippen molar-refractivity contribution < 1.29 is 24.2 Å². The van der Waals surface area contributed by atoms with Gasteiger partial charge in [0.25, 0.3) is 0 Å². The Morgan fingerprint density at radius 1 is 1.04 bits per heavy atom. The first-order valence-electron chi connectivity index (χ1n) is 8.36. The van der Waals surface area contributed by atoms with Gasteiger partial charge < -0.3 is 19.4 Å². The quantitative estimate of drug-likeness (QED) is 0.823. The van der Waals surface area contributed by atoms with Crippen molar-refractivity contribution in [3.63, 3.8) is 0 Å². The molecule has 136 valence electrons. The molecule has 0 bridgehead atoms. The molecule has 0 spiro atoms. The SMILES string of the molecule is COc1ccc(C2=NOC(CCC(=O)O)C2c2ccc(OC)cc2)cc1. The Morgan fingerprint density at radius 2 is 1.62 bits per heavy atom. The van der Waals surface area contributed by atoms with Gasteiger partial charge in [-0.25, -0.2) is 0 Å². The van der Waals surface area contributed by atoms with Crippen molar-refractivity contribution in [3.8, 4) is 11.5 Å². The number of nitrogens with zero attached hydrogens (tertiary/aromatic N) is 1. The van der Waals surface area contributed by atoms with Crippen LogP contribution in [0.4, 0.5) is 0 Å². The van der Waals surface area contributed by atoms with Gasteiger partial charge in [-0.2, -0.15) is 0 Å². The highest BCUT2D eigenvalue weighted by molar-refractivity contribution is 6.06. The van der Waals surface area contributed by atoms with Crippen molar-refractivity contribution >= 4 is 11.7 Å². The molecule has 2 atom stereocenters. The Kier molecular flexibility index (Phi) is 5.41. The predicted molar refractivity (Wildman–Crippen MR) is 97.0 cm³/mol. The van der Waals surface area contributed by atoms with Crippen LogP contribution in [0.1, 0.15) is 29.9 Å². The molecule has 1 aliphatic heterocycles. The van der Waals surface area contributed by atoms with Crippen LogP contribution >= 0.6 is 0 Å². The third-order valence-corrected chi connectivity index (χ3v) is 4.46. The number of oxime groups is 1. The molecular weight excluding hydrogens is 334 g/mol. The van der Waals surface area contributed by atoms with E-state index in [-0.39, 0.29) is 18.4 Å². The lowest BCUT2D eigenvalue weighted by molar-refractivity contribution is -0.137. The molecule has 2 aromatic rings. The number of hydrogen-bond donors (Lipinski definition) is 1. The summed E-state index contributed by atoms with van der Waals surface area (Å²) < 4.78 is 10.4. The number of rotatable bonds is 7. The standard InChI is InChI=1S/C20H21NO5/c1-24-15-7-3-13(4-8-15)19-17(11-12-18(22)23)26-21-20(19)14-5-9-16(25-2)10-6-14/h3-10,17,19H,11-12H2,1-2H3,(H,22,23). The molecule has 6 nitrogen and oxygen atoms in total. The van der Waals surface area contributed by atoms with E-state index < -0.39 is 5.97 Å². The number of aliphatic carboxylic acids is 1. The lowest BCUT2D eigenvalue weighted by Crippen LogP contribution is -2.23. The van der Waals surface area contributed by atoms with E-state index in [1.54, 1.807) is 14.2 Å². The molecule has 6 heteroatoms. The van der Waals surface area contributed by atoms with Crippen molar-refractivity contribution in [2.45, 2.75) is 24.9 Å². The molecule has 2 aromatic carbocycles. The van der Waals surface area contributed by atoms with Gasteiger partial charge in [-0.05, 0) is 48.4 Å². The van der Waals surface area contributed by atoms with Gasteiger partial charge in [0.05, 0.1) is 25.8 Å². The van der Waals surface area contributed by atoms with Crippen LogP contribution in [0.25, 0.3) is 0 Å². The van der Waals surface area contributed by atoms with E-state index in [1.807, 2.05) is 48.5 Å². The minimum absolute atomic E-state index is 0.0305. The van der Waals surface area contributed by atoms with E-state index in [0.29, 0.717) is 6.42 Å². The molecule has 0 aromatic heterocycles. The van der Waals surface area contributed by atoms with Gasteiger partial charge in [-0.1, -0.05) is 17.3 Å². The summed E-state index contributed by atoms with van der Waals surface area (Å²) in [6.07, 6.45) is 0.0920. The molecule has 0 radical (unpaired) electrons. The molecule has 1 aliphatic rings. The maximum Gasteiger partial charge on any atom is 0.303 e. The van der Waals surface area contributed by atoms with Gasteiger partial charge in [-0.3, -0.25) is 4.79 Å². The monoisotopic (exact) mass is 355 g/mol. The van der Waals surface area contributed by atoms with Crippen LogP contribution in [0, 0.1) is 0 Å². The highest BCUT2D eigenvalue weighted by atomic mass is 16.6. The lowest BCUT2D eigenvalue weighted by Gasteiger charge is -2.19. The molecule has 1 N–H and O–H groups in total. The number of hydrogen-bond acceptors (Lipinski definition) is 5. The Labute approximate surface area is 152 Å². The fourth-order valence-electron chi connectivity index (χ4n) is 3.08. The third-order valence-electron chi connectivity index (χ3n) is 4.46. The van der Waals surface area contributed by atoms with Crippen molar-refractivity contribution in [1.29, 1.82) is 0 Å². The van der Waals surface area contributed by atoms with Gasteiger partial charge in [0.2, 0.25) is 0 Å². The number of carbonyl (C=O) groups is 1. The largest absolute Gasteiger partial charge is 0.497 e. The highest BCUT2D eigenvalue weighted by Gasteiger charge is 2.36. The van der Waals surface area contributed by atoms with Crippen molar-refractivity contribution in [2.24, 2.45) is 5.16 Å². The second-order valence-electron chi connectivity index (χ2n) is 6.03. The summed E-state index contributed by atoms with van der Waals surface area (Å²) in [7, 11) is 3.24. The van der Waals surface area contributed by atoms with Crippen molar-refractivity contribution in [3.05, 3.63) is 59.7 Å². The topological polar surface area (TPSA) is 77.4 Å². The van der Waals surface area contributed by atoms with Crippen LogP contribution < -0.4 is 9.47 Å². The number of methoxy groups -OCH3 is 2. The van der Waals surface area contributed by atoms with Gasteiger partial charge >= 0.3 is 5.97 Å². The molecule has 2 unspecified atom stereocenters. The molecular formula is C20H21NO5. The summed E-state index contributed by atoms with van der Waals surface area (Å²) in [6.45, 7) is 0. The summed E-state index contributed by atoms with van der Waals surface area (Å²) in [5.74, 6) is 0.531. The zero-order chi connectivity index (χ0) is 18.5. The van der Waals surface area contributed by atoms with Crippen molar-refractivity contribution in [2.75, 3.05) is 14.2 Å². The number of ether oxygens (including phenoxy) is 2. The summed E-state index contributed by atoms with van der Waals surface area (Å²) >= 11 is 0. The Hall–Kier alpha value is -3.02. The van der Waals surface area contributed by atoms with Gasteiger partial charge in [0, 0.05) is 12.0 Å². The van der Waals surface area contributed by atoms with E-state index in [1.165, 1.54) is 0 Å². The average Bonchev–Trinajstić information content (AvgIpc) is 3.10. The van der Waals surface area contributed by atoms with E-state index in [2.05, 4.69) is 5.16 Å². The van der Waals surface area contributed by atoms with Gasteiger partial charge in [-0.15, -0.1) is 0 Å². The second kappa shape index (κ2) is 7.91. The maximum atomic E-state index is 11.0. The van der Waals surface area contributed by atoms with E-state index in [4.69, 9.17) is 19.4 Å². The van der Waals surface area contributed by atoms with Gasteiger partial charge in [0.1, 0.15) is 17.6 Å². The molecule has 0 saturated carbocycles. The zero-order valence-electron chi connectivity index (χ0n) is 14.7. The summed E-state index contributed by atoms with van der Waals surface area (Å²) in [5, 5.41) is 13.3. The first-order valence-corrected chi connectivity index (χ1v) is 8.36. The Bertz CT molecular complexity index is 783. The van der Waals surface area contributed by atoms with Crippen LogP contribution in [0.15, 0.2) is 53.7 Å². The number of benzene rings is 2. The maximum absolute atomic E-state index is 11.0. The molecule has 26 heavy (non-hydrogen) atoms. The Morgan fingerprint density at radius 3 is 2.15 bits per heavy atom. The molecule has 1 heterocycles. The van der Waals surface area contributed by atoms with E-state index >= 15 is 0 Å². The highest BCUT2D eigenvalue weighted by Crippen LogP contribution is 2.35. The molecule has 0 fully saturated rings. The Balaban J connectivity index is 1.91. The predicted octanol–water partition coefficient (Wildman–Crippen LogP) is 3.46. The third kappa shape index (κ3) is 3.79. The van der Waals surface area contributed by atoms with Crippen LogP contribution in [-0.2, 0) is 9.63 Å². The first kappa shape index (κ1) is 17.8. The lowest BCUT2D eigenvalue weighted by atomic mass is 9.84. The normalized spacial score (nSPS) is 18.8. The molecule has 3 rings (SSSR count). The van der Waals surface area contributed by atoms with Crippen LogP contribution in [0.3, 0.4) is 0 Å². The molecule has 0 amide bonds. The molecule has 0 saturated heterocycles. The van der Waals surface area contributed by atoms with Crippen LogP contribution in [0.2, 0.25) is 0 Å². The fourth-order valence-corrected chi connectivity index (χ4v) is 3.08. The fraction of sp³-hybridized carbons (Fsp3) is 0.300. The van der Waals surface area contributed by atoms with Crippen LogP contribution in [0.5, 0.6) is 11.5 Å². The summed E-state index contributed by atoms with van der Waals surface area (Å²) in [6, 6.07) is 15.3. The van der Waals surface area contributed by atoms with E-state index in [9.17, 15) is 4.79 Å². The number of carboxylic acids is 1. The van der Waals surface area contributed by atoms with Crippen LogP contribution in [-0.4, -0.2) is 37.1 Å². The minimum atomic E-state index is -0.847. The second-order valence-corrected chi connectivity index (χ2v) is 6.03. The van der Waals surface area contributed by atoms with E-state index in [0.717, 1.165) is 28.3 Å².